The standard InChI is InChI=1S/C51H94O11/c1-3-5-7-9-11-13-15-17-18-19-20-21-22-23-24-25-26-28-30-32-34-36-38-40-45(53)61-43(42-60-51-48(56)46(54)47(55)49(62-51)50(57)58)41-59-44(52)39-37-35-33-31-29-27-16-14-12-10-8-6-4-2/h14,16,43,46-49,51,54-56H,3-13,15,17-42H2,1-2H3,(H,57,58)/b16-14-. The van der Waals surface area contributed by atoms with Crippen LogP contribution in [0.15, 0.2) is 12.2 Å². The van der Waals surface area contributed by atoms with Crippen LogP contribution in [0.2, 0.25) is 0 Å². The Morgan fingerprint density at radius 2 is 0.855 bits per heavy atom. The molecule has 0 radical (unpaired) electrons. The van der Waals surface area contributed by atoms with Crippen molar-refractivity contribution in [3.63, 3.8) is 0 Å². The molecule has 62 heavy (non-hydrogen) atoms. The van der Waals surface area contributed by atoms with Crippen molar-refractivity contribution in [2.45, 2.75) is 282 Å². The summed E-state index contributed by atoms with van der Waals surface area (Å²) >= 11 is 0. The topological polar surface area (TPSA) is 169 Å². The summed E-state index contributed by atoms with van der Waals surface area (Å²) in [5.74, 6) is -2.44. The van der Waals surface area contributed by atoms with E-state index < -0.39 is 54.7 Å². The lowest BCUT2D eigenvalue weighted by molar-refractivity contribution is -0.298. The SMILES string of the molecule is CCCCCC/C=C\CCCCCCCC(=O)OCC(COC1OC(C(=O)O)C(O)C(O)C1O)OC(=O)CCCCCCCCCCCCCCCCCCCCCCCCC. The second-order valence-electron chi connectivity index (χ2n) is 18.0. The number of allylic oxidation sites excluding steroid dienone is 2. The Morgan fingerprint density at radius 3 is 1.27 bits per heavy atom. The molecule has 0 amide bonds. The molecule has 6 atom stereocenters. The first-order chi connectivity index (χ1) is 30.2. The lowest BCUT2D eigenvalue weighted by atomic mass is 9.99. The lowest BCUT2D eigenvalue weighted by Gasteiger charge is -2.38. The van der Waals surface area contributed by atoms with Gasteiger partial charge >= 0.3 is 17.9 Å². The Bertz CT molecular complexity index is 1080. The fourth-order valence-electron chi connectivity index (χ4n) is 8.05. The zero-order valence-corrected chi connectivity index (χ0v) is 39.6. The number of ether oxygens (including phenoxy) is 4. The molecule has 11 heteroatoms. The second kappa shape index (κ2) is 41.6. The van der Waals surface area contributed by atoms with Crippen molar-refractivity contribution >= 4 is 17.9 Å². The number of hydrogen-bond donors (Lipinski definition) is 4. The molecule has 0 aromatic carbocycles. The normalized spacial score (nSPS) is 19.5. The maximum absolute atomic E-state index is 12.8. The highest BCUT2D eigenvalue weighted by molar-refractivity contribution is 5.73. The Labute approximate surface area is 377 Å². The smallest absolute Gasteiger partial charge is 0.335 e. The number of carboxylic acid groups (broad SMARTS) is 1. The van der Waals surface area contributed by atoms with Crippen LogP contribution in [-0.4, -0.2) is 88.4 Å². The number of esters is 2. The number of hydrogen-bond acceptors (Lipinski definition) is 10. The molecule has 1 heterocycles. The van der Waals surface area contributed by atoms with E-state index in [0.29, 0.717) is 12.8 Å². The van der Waals surface area contributed by atoms with Gasteiger partial charge in [0.05, 0.1) is 6.61 Å². The fourth-order valence-corrected chi connectivity index (χ4v) is 8.05. The summed E-state index contributed by atoms with van der Waals surface area (Å²) in [5, 5.41) is 39.9. The molecule has 0 aromatic rings. The van der Waals surface area contributed by atoms with Crippen molar-refractivity contribution in [2.24, 2.45) is 0 Å². The van der Waals surface area contributed by atoms with Gasteiger partial charge < -0.3 is 39.4 Å². The number of carbonyl (C=O) groups excluding carboxylic acids is 2. The van der Waals surface area contributed by atoms with Gasteiger partial charge in [0.15, 0.2) is 18.5 Å². The van der Waals surface area contributed by atoms with Crippen molar-refractivity contribution in [3.8, 4) is 0 Å². The van der Waals surface area contributed by atoms with Gasteiger partial charge in [0, 0.05) is 12.8 Å². The molecule has 1 aliphatic rings. The fraction of sp³-hybridized carbons (Fsp3) is 0.902. The summed E-state index contributed by atoms with van der Waals surface area (Å²) in [7, 11) is 0. The lowest BCUT2D eigenvalue weighted by Crippen LogP contribution is -2.60. The molecule has 0 aliphatic carbocycles. The zero-order valence-electron chi connectivity index (χ0n) is 39.6. The van der Waals surface area contributed by atoms with Crippen molar-refractivity contribution in [1.29, 1.82) is 0 Å². The van der Waals surface area contributed by atoms with E-state index in [2.05, 4.69) is 26.0 Å². The highest BCUT2D eigenvalue weighted by Crippen LogP contribution is 2.23. The van der Waals surface area contributed by atoms with E-state index in [1.807, 2.05) is 0 Å². The molecule has 4 N–H and O–H groups in total. The Hall–Kier alpha value is -2.05. The Balaban J connectivity index is 2.25. The van der Waals surface area contributed by atoms with Gasteiger partial charge in [-0.3, -0.25) is 9.59 Å². The van der Waals surface area contributed by atoms with Crippen LogP contribution in [0.4, 0.5) is 0 Å². The number of rotatable bonds is 44. The molecule has 364 valence electrons. The van der Waals surface area contributed by atoms with Crippen molar-refractivity contribution < 1.29 is 53.8 Å². The van der Waals surface area contributed by atoms with E-state index in [1.165, 1.54) is 148 Å². The average molecular weight is 883 g/mol. The van der Waals surface area contributed by atoms with Gasteiger partial charge in [-0.05, 0) is 38.5 Å². The van der Waals surface area contributed by atoms with Crippen LogP contribution in [0, 0.1) is 0 Å². The molecule has 11 nitrogen and oxygen atoms in total. The summed E-state index contributed by atoms with van der Waals surface area (Å²) in [5.41, 5.74) is 0. The van der Waals surface area contributed by atoms with Crippen molar-refractivity contribution in [3.05, 3.63) is 12.2 Å². The zero-order chi connectivity index (χ0) is 45.3. The van der Waals surface area contributed by atoms with Gasteiger partial charge in [0.1, 0.15) is 24.9 Å². The van der Waals surface area contributed by atoms with Gasteiger partial charge in [-0.25, -0.2) is 4.79 Å². The van der Waals surface area contributed by atoms with Crippen LogP contribution in [-0.2, 0) is 33.3 Å². The predicted octanol–water partition coefficient (Wildman–Crippen LogP) is 12.0. The first-order valence-corrected chi connectivity index (χ1v) is 25.7. The monoisotopic (exact) mass is 883 g/mol. The molecule has 1 fully saturated rings. The molecule has 6 unspecified atom stereocenters. The number of unbranched alkanes of at least 4 members (excludes halogenated alkanes) is 31. The number of carboxylic acids is 1. The summed E-state index contributed by atoms with van der Waals surface area (Å²) < 4.78 is 21.8. The molecular formula is C51H94O11. The van der Waals surface area contributed by atoms with Crippen molar-refractivity contribution in [1.82, 2.24) is 0 Å². The van der Waals surface area contributed by atoms with E-state index in [4.69, 9.17) is 18.9 Å². The number of aliphatic hydroxyl groups is 3. The van der Waals surface area contributed by atoms with Gasteiger partial charge in [0.2, 0.25) is 0 Å². The van der Waals surface area contributed by atoms with Crippen LogP contribution >= 0.6 is 0 Å². The van der Waals surface area contributed by atoms with E-state index in [1.54, 1.807) is 0 Å². The van der Waals surface area contributed by atoms with Crippen LogP contribution in [0.1, 0.15) is 245 Å². The number of aliphatic carboxylic acids is 1. The minimum absolute atomic E-state index is 0.187. The van der Waals surface area contributed by atoms with E-state index in [9.17, 15) is 34.8 Å². The molecule has 0 bridgehead atoms. The molecule has 1 rings (SSSR count). The third kappa shape index (κ3) is 32.6. The molecule has 1 saturated heterocycles. The Kier molecular flexibility index (Phi) is 38.9. The van der Waals surface area contributed by atoms with Crippen LogP contribution in [0.5, 0.6) is 0 Å². The molecule has 0 aromatic heterocycles. The third-order valence-corrected chi connectivity index (χ3v) is 12.1. The highest BCUT2D eigenvalue weighted by Gasteiger charge is 2.47. The Morgan fingerprint density at radius 1 is 0.484 bits per heavy atom. The largest absolute Gasteiger partial charge is 0.479 e. The summed E-state index contributed by atoms with van der Waals surface area (Å²) in [6.07, 6.45) is 37.0. The second-order valence-corrected chi connectivity index (χ2v) is 18.0. The van der Waals surface area contributed by atoms with Crippen molar-refractivity contribution in [2.75, 3.05) is 13.2 Å². The maximum Gasteiger partial charge on any atom is 0.335 e. The van der Waals surface area contributed by atoms with E-state index >= 15 is 0 Å². The summed E-state index contributed by atoms with van der Waals surface area (Å²) in [4.78, 5) is 36.9. The molecule has 0 spiro atoms. The van der Waals surface area contributed by atoms with E-state index in [0.717, 1.165) is 57.8 Å². The number of carbonyl (C=O) groups is 3. The first kappa shape index (κ1) is 58.0. The van der Waals surface area contributed by atoms with Gasteiger partial charge in [-0.2, -0.15) is 0 Å². The summed E-state index contributed by atoms with van der Waals surface area (Å²) in [6, 6.07) is 0. The third-order valence-electron chi connectivity index (χ3n) is 12.1. The van der Waals surface area contributed by atoms with Gasteiger partial charge in [-0.15, -0.1) is 0 Å². The van der Waals surface area contributed by atoms with E-state index in [-0.39, 0.29) is 26.1 Å². The average Bonchev–Trinajstić information content (AvgIpc) is 3.26. The van der Waals surface area contributed by atoms with Crippen LogP contribution in [0.3, 0.4) is 0 Å². The molecule has 0 saturated carbocycles. The highest BCUT2D eigenvalue weighted by atomic mass is 16.7. The minimum atomic E-state index is -1.86. The maximum atomic E-state index is 12.8. The van der Waals surface area contributed by atoms with Crippen LogP contribution in [0.25, 0.3) is 0 Å². The van der Waals surface area contributed by atoms with Crippen LogP contribution < -0.4 is 0 Å². The predicted molar refractivity (Wildman–Crippen MR) is 248 cm³/mol. The first-order valence-electron chi connectivity index (χ1n) is 25.7. The minimum Gasteiger partial charge on any atom is -0.479 e. The molecular weight excluding hydrogens is 789 g/mol. The number of aliphatic hydroxyl groups excluding tert-OH is 3. The molecule has 1 aliphatic heterocycles. The van der Waals surface area contributed by atoms with Gasteiger partial charge in [0.25, 0.3) is 0 Å². The quantitative estimate of drug-likeness (QED) is 0.0261. The summed E-state index contributed by atoms with van der Waals surface area (Å²) in [6.45, 7) is 3.83. The van der Waals surface area contributed by atoms with Gasteiger partial charge in [-0.1, -0.05) is 206 Å².